The summed E-state index contributed by atoms with van der Waals surface area (Å²) < 4.78 is 70.9. The van der Waals surface area contributed by atoms with Crippen LogP contribution in [-0.2, 0) is 16.1 Å². The number of nitrogens with zero attached hydrogens (tertiary/aromatic N) is 1. The molecule has 0 unspecified atom stereocenters. The molecule has 0 aliphatic carbocycles. The van der Waals surface area contributed by atoms with Gasteiger partial charge in [0.15, 0.2) is 5.75 Å². The Balaban J connectivity index is 0.000000193. The number of carbonyl (C=O) groups excluding carboxylic acids is 1. The number of hydrogen-bond acceptors (Lipinski definition) is 11. The van der Waals surface area contributed by atoms with Crippen LogP contribution in [0.2, 0.25) is 25.1 Å². The number of carbonyl (C=O) groups is 1. The number of hydrogen-bond donors (Lipinski definition) is 2. The maximum atomic E-state index is 13.9. The van der Waals surface area contributed by atoms with E-state index in [0.29, 0.717) is 89.3 Å². The second-order valence-electron chi connectivity index (χ2n) is 29.9. The molecule has 20 rings (SSSR count). The Labute approximate surface area is 1010 Å². The number of phenolic OH excluding ortho intramolecular Hbond substituents is 1. The predicted molar refractivity (Wildman–Crippen MR) is 609 cm³/mol. The Morgan fingerprint density at radius 3 is 1.10 bits per heavy atom. The van der Waals surface area contributed by atoms with Crippen LogP contribution in [0, 0.1) is 21.0 Å². The third-order valence-electron chi connectivity index (χ3n) is 20.9. The summed E-state index contributed by atoms with van der Waals surface area (Å²) in [7, 11) is 3.72. The van der Waals surface area contributed by atoms with Crippen molar-refractivity contribution in [1.82, 2.24) is 0 Å². The van der Waals surface area contributed by atoms with Gasteiger partial charge >= 0.3 is 114 Å². The van der Waals surface area contributed by atoms with Crippen molar-refractivity contribution in [2.24, 2.45) is 0 Å². The van der Waals surface area contributed by atoms with Crippen LogP contribution >= 0.6 is 192 Å². The van der Waals surface area contributed by atoms with Gasteiger partial charge in [0.05, 0.1) is 28.9 Å². The van der Waals surface area contributed by atoms with E-state index in [2.05, 4.69) is 333 Å². The Bertz CT molecular complexity index is 7290. The van der Waals surface area contributed by atoms with Gasteiger partial charge in [-0.05, 0) is 258 Å². The van der Waals surface area contributed by atoms with Crippen LogP contribution in [0.4, 0.5) is 30.2 Å². The summed E-state index contributed by atoms with van der Waals surface area (Å²) in [5.41, 5.74) is 20.7. The molecule has 2 heterocycles. The van der Waals surface area contributed by atoms with E-state index in [9.17, 15) is 18.3 Å². The van der Waals surface area contributed by atoms with Crippen LogP contribution in [0.5, 0.6) is 23.0 Å². The molecule has 143 heavy (non-hydrogen) atoms. The van der Waals surface area contributed by atoms with Crippen molar-refractivity contribution in [3.8, 4) is 89.8 Å². The zero-order chi connectivity index (χ0) is 100. The van der Waals surface area contributed by atoms with Crippen molar-refractivity contribution >= 4 is 270 Å². The smallest absolute Gasteiger partial charge is 1.00 e. The fraction of sp³-hybridized carbons (Fsp3) is 0.0268. The summed E-state index contributed by atoms with van der Waals surface area (Å²) >= 11 is 54.1. The minimum absolute atomic E-state index is 0. The van der Waals surface area contributed by atoms with Crippen LogP contribution in [0.1, 0.15) is 12.6 Å². The second-order valence-corrected chi connectivity index (χ2v) is 43.0. The molecule has 18 aromatic carbocycles. The number of ether oxygens (including phenoxy) is 2. The van der Waals surface area contributed by atoms with Gasteiger partial charge in [-0.25, -0.2) is 13.2 Å². The first kappa shape index (κ1) is 118. The number of para-hydroxylation sites is 6. The molecule has 2 aromatic heterocycles. The number of halogens is 16. The second kappa shape index (κ2) is 60.4. The summed E-state index contributed by atoms with van der Waals surface area (Å²) in [6, 6.07) is 130. The molecule has 711 valence electrons. The van der Waals surface area contributed by atoms with Gasteiger partial charge < -0.3 is 49.6 Å². The largest absolute Gasteiger partial charge is 1.00 e. The molecule has 0 saturated heterocycles. The van der Waals surface area contributed by atoms with E-state index in [4.69, 9.17) is 96.0 Å². The molecular weight excluding hydrogens is 2540 g/mol. The molecule has 0 amide bonds. The number of fused-ring (bicyclic) bond motifs is 6. The van der Waals surface area contributed by atoms with Crippen LogP contribution in [-0.4, -0.2) is 41.7 Å². The minimum atomic E-state index is -0.471. The zero-order valence-electron chi connectivity index (χ0n) is 77.2. The number of benzene rings is 18. The molecule has 0 fully saturated rings. The molecule has 20 aromatic rings. The zero-order valence-corrected chi connectivity index (χ0v) is 99.5. The summed E-state index contributed by atoms with van der Waals surface area (Å²) in [4.78, 5) is 13.5. The third kappa shape index (κ3) is 34.1. The summed E-state index contributed by atoms with van der Waals surface area (Å²) in [5, 5.41) is 33.1. The van der Waals surface area contributed by atoms with E-state index in [-0.39, 0.29) is 131 Å². The predicted octanol–water partition coefficient (Wildman–Crippen LogP) is 31.3. The van der Waals surface area contributed by atoms with Gasteiger partial charge in [-0.15, -0.1) is 47.3 Å². The first-order valence-electron chi connectivity index (χ1n) is 42.4. The fourth-order valence-corrected chi connectivity index (χ4v) is 18.9. The third-order valence-corrected chi connectivity index (χ3v) is 26.3. The molecule has 0 spiro atoms. The monoisotopic (exact) mass is 2610 g/mol. The van der Waals surface area contributed by atoms with Gasteiger partial charge in [0, 0.05) is 105 Å². The molecule has 31 heteroatoms. The van der Waals surface area contributed by atoms with Crippen LogP contribution in [0.15, 0.2) is 427 Å². The Kier molecular flexibility index (Phi) is 49.6. The van der Waals surface area contributed by atoms with E-state index in [0.717, 1.165) is 71.8 Å². The normalized spacial score (nSPS) is 10.2. The minimum Gasteiger partial charge on any atom is -1.00 e. The van der Waals surface area contributed by atoms with E-state index in [1.54, 1.807) is 80.9 Å². The molecule has 0 aliphatic heterocycles. The van der Waals surface area contributed by atoms with Crippen molar-refractivity contribution in [3.05, 3.63) is 476 Å². The summed E-state index contributed by atoms with van der Waals surface area (Å²) in [6.07, 6.45) is 0.962. The van der Waals surface area contributed by atoms with Crippen LogP contribution < -0.4 is 127 Å². The van der Waals surface area contributed by atoms with Gasteiger partial charge in [-0.3, -0.25) is 4.79 Å². The van der Waals surface area contributed by atoms with Crippen LogP contribution in [0.25, 0.3) is 111 Å². The number of phenols is 1. The number of anilines is 3. The van der Waals surface area contributed by atoms with Crippen molar-refractivity contribution in [2.75, 3.05) is 19.1 Å². The SMILES string of the molecule is BrB(Br)Br.COc1ccccc1-c1c(F)cc(Cl)cc1Br.COc1ccccc1O[B]O.Clc1cc(Br)c2c(c1)oc1ccccc12.Clc1cc(N(c2ccc(-c3ccccc3)cc2)c2ccc(-c3ccccc3)cc2)c2c(c1)oc1ccccc12.Fc1cc(Cl)cc(Br)c1I.O=CO[O-].Oc1ccccc1-c1c(F)cc(Cl)cc1Br.[H-].[K+].[K+].c1ccc(-c2ccc(Cc3ccc(-c4ccccc4)cc3)cc2)cc1. The number of methoxy groups -OCH3 is 2. The summed E-state index contributed by atoms with van der Waals surface area (Å²) in [6.45, 7) is -0.181. The number of rotatable bonds is 16. The molecule has 0 bridgehead atoms. The topological polar surface area (TPSA) is 147 Å². The van der Waals surface area contributed by atoms with Crippen molar-refractivity contribution in [2.45, 2.75) is 6.42 Å². The van der Waals surface area contributed by atoms with E-state index >= 15 is 0 Å². The van der Waals surface area contributed by atoms with Gasteiger partial charge in [0.1, 0.15) is 57.0 Å². The molecule has 0 saturated carbocycles. The fourth-order valence-electron chi connectivity index (χ4n) is 14.6. The quantitative estimate of drug-likeness (QED) is 0.0181. The van der Waals surface area contributed by atoms with Gasteiger partial charge in [0.25, 0.3) is 6.47 Å². The van der Waals surface area contributed by atoms with E-state index < -0.39 is 5.82 Å². The average molecular weight is 2620 g/mol. The van der Waals surface area contributed by atoms with Crippen LogP contribution in [0.3, 0.4) is 0 Å². The Morgan fingerprint density at radius 1 is 0.392 bits per heavy atom. The molecule has 0 atom stereocenters. The van der Waals surface area contributed by atoms with Gasteiger partial charge in [0.2, 0.25) is 0 Å². The van der Waals surface area contributed by atoms with Crippen molar-refractivity contribution in [1.29, 1.82) is 0 Å². The first-order chi connectivity index (χ1) is 68.2. The van der Waals surface area contributed by atoms with E-state index in [1.165, 1.54) is 79.9 Å². The molecule has 2 N–H and O–H groups in total. The first-order valence-corrected chi connectivity index (χ1v) is 51.3. The van der Waals surface area contributed by atoms with Crippen molar-refractivity contribution in [3.63, 3.8) is 0 Å². The van der Waals surface area contributed by atoms with Crippen molar-refractivity contribution < 1.29 is 165 Å². The van der Waals surface area contributed by atoms with E-state index in [1.807, 2.05) is 120 Å². The standard InChI is InChI=1S/C36H24ClNO.C25H20.C13H9BrClFO.C12H7BrClFO.C12H6BrClO.C7H8BO3.C6H2BrClFI.CH2O3.BBr3.2K.H/c37-29-23-33(36-32-13-7-8-14-34(32)39-35(36)24-29)38(30-19-15-27(16-20-30)25-9-3-1-4-10-25)31-21-17-28(18-22-31)26-11-5-2-6-12-26;1-3-7-22(8-4-1)24-15-11-20(12-16-24)19-21-13-17-25(18-14-21)23-9-5-2-6-10-23;1-17-12-5-3-2-4-9(12)13-10(14)6-8(15)7-11(13)16;13-9-5-7(14)6-10(15)12(9)8-3-1-2-4-11(8)16;13-9-5-7(14)6-11-12(9)8-3-1-2-4-10(8)15-11;1-10-6-4-2-3-5-7(6)11-8-9;7-4-1-3(8)2-5(9)6(4)10;2-1-4-3;2-1(3)4;;;/h1-24H;1-18H,19H2;2-7H,1H3;1-6,16H;1-6H;2-5,9H,1H3;1-2H;1,3H;;;;/q;;;;;;;;;2*+1;-1/p-1. The number of aromatic hydroxyl groups is 1. The molecular formula is C112H78B2Br7Cl5F3IK2NO10. The Morgan fingerprint density at radius 2 is 0.706 bits per heavy atom. The number of furan rings is 2. The molecule has 11 nitrogen and oxygen atoms in total. The maximum absolute atomic E-state index is 13.9. The van der Waals surface area contributed by atoms with Gasteiger partial charge in [-0.1, -0.05) is 337 Å². The molecule has 1 radical (unpaired) electrons. The maximum Gasteiger partial charge on any atom is 1.00 e. The molecule has 0 aliphatic rings. The average Bonchev–Trinajstić information content (AvgIpc) is 1.58. The Hall–Kier alpha value is -7.32. The summed E-state index contributed by atoms with van der Waals surface area (Å²) in [5.74, 6) is 0.601. The van der Waals surface area contributed by atoms with Gasteiger partial charge in [-0.2, -0.15) is 0 Å².